The Balaban J connectivity index is 2.46. The van der Waals surface area contributed by atoms with Crippen molar-refractivity contribution < 1.29 is 27.8 Å². The first kappa shape index (κ1) is 9.88. The van der Waals surface area contributed by atoms with Gasteiger partial charge in [0, 0.05) is 0 Å². The molecule has 1 saturated heterocycles. The van der Waals surface area contributed by atoms with Crippen molar-refractivity contribution in [1.29, 1.82) is 0 Å². The van der Waals surface area contributed by atoms with E-state index >= 15 is 0 Å². The van der Waals surface area contributed by atoms with Gasteiger partial charge in [-0.15, -0.1) is 0 Å². The highest BCUT2D eigenvalue weighted by molar-refractivity contribution is 5.76. The van der Waals surface area contributed by atoms with Crippen LogP contribution in [0.4, 0.5) is 8.78 Å². The topological polar surface area (TPSA) is 52.6 Å². The van der Waals surface area contributed by atoms with Crippen LogP contribution in [0, 0.1) is 0 Å². The van der Waals surface area contributed by atoms with Crippen LogP contribution in [-0.4, -0.2) is 30.6 Å². The zero-order valence-corrected chi connectivity index (χ0v) is 6.83. The molecular weight excluding hydrogens is 186 g/mol. The zero-order chi connectivity index (χ0) is 10.0. The maximum atomic E-state index is 11.7. The molecule has 0 N–H and O–H groups in total. The molecule has 0 amide bonds. The SMILES string of the molecule is CC1OC(=O)CC1OC(=O)C(F)F. The molecule has 0 bridgehead atoms. The second-order valence-electron chi connectivity index (χ2n) is 2.68. The molecule has 1 aliphatic rings. The van der Waals surface area contributed by atoms with Crippen molar-refractivity contribution in [3.05, 3.63) is 0 Å². The van der Waals surface area contributed by atoms with E-state index in [1.807, 2.05) is 0 Å². The van der Waals surface area contributed by atoms with E-state index < -0.39 is 30.6 Å². The summed E-state index contributed by atoms with van der Waals surface area (Å²) in [4.78, 5) is 21.0. The molecule has 0 spiro atoms. The number of halogens is 2. The lowest BCUT2D eigenvalue weighted by Crippen LogP contribution is -2.27. The molecule has 0 aromatic rings. The number of cyclic esters (lactones) is 1. The number of rotatable bonds is 2. The van der Waals surface area contributed by atoms with E-state index in [1.165, 1.54) is 6.92 Å². The summed E-state index contributed by atoms with van der Waals surface area (Å²) in [6.07, 6.45) is -4.84. The summed E-state index contributed by atoms with van der Waals surface area (Å²) >= 11 is 0. The molecule has 1 rings (SSSR count). The summed E-state index contributed by atoms with van der Waals surface area (Å²) in [6.45, 7) is 1.48. The lowest BCUT2D eigenvalue weighted by molar-refractivity contribution is -0.164. The van der Waals surface area contributed by atoms with E-state index in [4.69, 9.17) is 0 Å². The maximum absolute atomic E-state index is 11.7. The van der Waals surface area contributed by atoms with E-state index in [2.05, 4.69) is 9.47 Å². The number of alkyl halides is 2. The van der Waals surface area contributed by atoms with Gasteiger partial charge in [0.2, 0.25) is 0 Å². The normalized spacial score (nSPS) is 27.5. The van der Waals surface area contributed by atoms with Gasteiger partial charge in [0.1, 0.15) is 12.2 Å². The highest BCUT2D eigenvalue weighted by Gasteiger charge is 2.36. The Hall–Kier alpha value is -1.20. The summed E-state index contributed by atoms with van der Waals surface area (Å²) in [5, 5.41) is 0. The summed E-state index contributed by atoms with van der Waals surface area (Å²) in [6, 6.07) is 0. The molecule has 13 heavy (non-hydrogen) atoms. The lowest BCUT2D eigenvalue weighted by atomic mass is 10.2. The molecule has 1 heterocycles. The van der Waals surface area contributed by atoms with E-state index in [9.17, 15) is 18.4 Å². The number of hydrogen-bond acceptors (Lipinski definition) is 4. The van der Waals surface area contributed by atoms with Crippen LogP contribution >= 0.6 is 0 Å². The fraction of sp³-hybridized carbons (Fsp3) is 0.714. The smallest absolute Gasteiger partial charge is 0.374 e. The van der Waals surface area contributed by atoms with Gasteiger partial charge in [-0.1, -0.05) is 0 Å². The van der Waals surface area contributed by atoms with Gasteiger partial charge >= 0.3 is 18.4 Å². The number of hydrogen-bond donors (Lipinski definition) is 0. The Morgan fingerprint density at radius 2 is 2.31 bits per heavy atom. The van der Waals surface area contributed by atoms with E-state index in [1.54, 1.807) is 0 Å². The van der Waals surface area contributed by atoms with Gasteiger partial charge in [0.15, 0.2) is 0 Å². The van der Waals surface area contributed by atoms with Crippen LogP contribution in [0.5, 0.6) is 0 Å². The van der Waals surface area contributed by atoms with Crippen molar-refractivity contribution in [3.8, 4) is 0 Å². The van der Waals surface area contributed by atoms with Crippen molar-refractivity contribution >= 4 is 11.9 Å². The molecule has 4 nitrogen and oxygen atoms in total. The quantitative estimate of drug-likeness (QED) is 0.600. The third-order valence-electron chi connectivity index (χ3n) is 1.65. The third-order valence-corrected chi connectivity index (χ3v) is 1.65. The van der Waals surface area contributed by atoms with Crippen molar-refractivity contribution in [2.24, 2.45) is 0 Å². The van der Waals surface area contributed by atoms with E-state index in [0.29, 0.717) is 0 Å². The van der Waals surface area contributed by atoms with Crippen LogP contribution in [0.3, 0.4) is 0 Å². The minimum absolute atomic E-state index is 0.153. The molecule has 6 heteroatoms. The van der Waals surface area contributed by atoms with Gasteiger partial charge < -0.3 is 9.47 Å². The molecule has 2 unspecified atom stereocenters. The fourth-order valence-electron chi connectivity index (χ4n) is 1.000. The van der Waals surface area contributed by atoms with Gasteiger partial charge in [0.25, 0.3) is 0 Å². The van der Waals surface area contributed by atoms with Crippen molar-refractivity contribution in [2.45, 2.75) is 32.0 Å². The summed E-state index contributed by atoms with van der Waals surface area (Å²) in [7, 11) is 0. The largest absolute Gasteiger partial charge is 0.459 e. The molecule has 0 aliphatic carbocycles. The van der Waals surface area contributed by atoms with Crippen LogP contribution in [-0.2, 0) is 19.1 Å². The minimum Gasteiger partial charge on any atom is -0.459 e. The highest BCUT2D eigenvalue weighted by atomic mass is 19.3. The predicted octanol–water partition coefficient (Wildman–Crippen LogP) is 0.499. The highest BCUT2D eigenvalue weighted by Crippen LogP contribution is 2.18. The van der Waals surface area contributed by atoms with Crippen LogP contribution in [0.1, 0.15) is 13.3 Å². The zero-order valence-electron chi connectivity index (χ0n) is 6.83. The summed E-state index contributed by atoms with van der Waals surface area (Å²) < 4.78 is 32.3. The Kier molecular flexibility index (Phi) is 2.79. The Morgan fingerprint density at radius 3 is 2.69 bits per heavy atom. The van der Waals surface area contributed by atoms with Crippen molar-refractivity contribution in [1.82, 2.24) is 0 Å². The Morgan fingerprint density at radius 1 is 1.69 bits per heavy atom. The molecule has 0 saturated carbocycles. The van der Waals surface area contributed by atoms with E-state index in [-0.39, 0.29) is 6.42 Å². The monoisotopic (exact) mass is 194 g/mol. The van der Waals surface area contributed by atoms with E-state index in [0.717, 1.165) is 0 Å². The van der Waals surface area contributed by atoms with Gasteiger partial charge in [-0.3, -0.25) is 4.79 Å². The van der Waals surface area contributed by atoms with Crippen LogP contribution in [0.2, 0.25) is 0 Å². The van der Waals surface area contributed by atoms with Gasteiger partial charge in [-0.25, -0.2) is 4.79 Å². The molecule has 0 radical (unpaired) electrons. The number of ether oxygens (including phenoxy) is 2. The van der Waals surface area contributed by atoms with Gasteiger partial charge in [-0.05, 0) is 6.92 Å². The number of carbonyl (C=O) groups excluding carboxylic acids is 2. The second-order valence-corrected chi connectivity index (χ2v) is 2.68. The van der Waals surface area contributed by atoms with Crippen molar-refractivity contribution in [3.63, 3.8) is 0 Å². The van der Waals surface area contributed by atoms with Gasteiger partial charge in [-0.2, -0.15) is 8.78 Å². The molecule has 1 fully saturated rings. The Labute approximate surface area is 72.8 Å². The Bertz CT molecular complexity index is 229. The summed E-state index contributed by atoms with van der Waals surface area (Å²) in [5.41, 5.74) is 0. The molecule has 0 aromatic carbocycles. The van der Waals surface area contributed by atoms with Crippen LogP contribution < -0.4 is 0 Å². The minimum atomic E-state index is -3.16. The van der Waals surface area contributed by atoms with Crippen LogP contribution in [0.25, 0.3) is 0 Å². The number of esters is 2. The molecule has 74 valence electrons. The lowest BCUT2D eigenvalue weighted by Gasteiger charge is -2.13. The first-order valence-electron chi connectivity index (χ1n) is 3.69. The average molecular weight is 194 g/mol. The summed E-state index contributed by atoms with van der Waals surface area (Å²) in [5.74, 6) is -2.16. The average Bonchev–Trinajstić information content (AvgIpc) is 2.30. The predicted molar refractivity (Wildman–Crippen MR) is 36.1 cm³/mol. The first-order chi connectivity index (χ1) is 6.00. The fourth-order valence-corrected chi connectivity index (χ4v) is 1.000. The second kappa shape index (κ2) is 3.68. The first-order valence-corrected chi connectivity index (χ1v) is 3.69. The van der Waals surface area contributed by atoms with Gasteiger partial charge in [0.05, 0.1) is 6.42 Å². The molecular formula is C7H8F2O4. The maximum Gasteiger partial charge on any atom is 0.374 e. The number of carbonyl (C=O) groups is 2. The molecule has 0 aromatic heterocycles. The molecule has 1 aliphatic heterocycles. The molecule has 2 atom stereocenters. The standard InChI is InChI=1S/C7H8F2O4/c1-3-4(2-5(10)12-3)13-7(11)6(8)9/h3-4,6H,2H2,1H3. The van der Waals surface area contributed by atoms with Crippen LogP contribution in [0.15, 0.2) is 0 Å². The third kappa shape index (κ3) is 2.37. The van der Waals surface area contributed by atoms with Crippen molar-refractivity contribution in [2.75, 3.05) is 0 Å².